The van der Waals surface area contributed by atoms with Crippen LogP contribution in [0.2, 0.25) is 0 Å². The highest BCUT2D eigenvalue weighted by atomic mass is 32.2. The van der Waals surface area contributed by atoms with E-state index in [1.54, 1.807) is 25.3 Å². The standard InChI is InChI=1S/C15H23N3O2S/c1-11-10-18(7-8-21-11)6-5-15(19)17-14-4-3-12(20-2)9-13(14)16/h3-4,9,11H,5-8,10,16H2,1-2H3,(H,17,19). The van der Waals surface area contributed by atoms with E-state index in [9.17, 15) is 4.79 Å². The average molecular weight is 309 g/mol. The van der Waals surface area contributed by atoms with Crippen molar-refractivity contribution >= 4 is 29.0 Å². The van der Waals surface area contributed by atoms with Gasteiger partial charge in [0.2, 0.25) is 5.91 Å². The molecule has 0 spiro atoms. The van der Waals surface area contributed by atoms with Crippen molar-refractivity contribution in [2.24, 2.45) is 0 Å². The summed E-state index contributed by atoms with van der Waals surface area (Å²) in [5.74, 6) is 1.83. The van der Waals surface area contributed by atoms with E-state index in [0.717, 1.165) is 25.4 Å². The van der Waals surface area contributed by atoms with E-state index in [-0.39, 0.29) is 5.91 Å². The van der Waals surface area contributed by atoms with Gasteiger partial charge in [0.25, 0.3) is 0 Å². The molecule has 2 rings (SSSR count). The maximum atomic E-state index is 12.0. The van der Waals surface area contributed by atoms with Gasteiger partial charge in [-0.2, -0.15) is 11.8 Å². The highest BCUT2D eigenvalue weighted by molar-refractivity contribution is 7.99. The minimum Gasteiger partial charge on any atom is -0.497 e. The molecular formula is C15H23N3O2S. The summed E-state index contributed by atoms with van der Waals surface area (Å²) < 4.78 is 5.09. The van der Waals surface area contributed by atoms with Crippen molar-refractivity contribution in [3.8, 4) is 5.75 Å². The normalized spacial score (nSPS) is 19.2. The molecule has 3 N–H and O–H groups in total. The number of thioether (sulfide) groups is 1. The van der Waals surface area contributed by atoms with Gasteiger partial charge in [-0.25, -0.2) is 0 Å². The Hall–Kier alpha value is -1.40. The zero-order valence-electron chi connectivity index (χ0n) is 12.6. The molecule has 0 aromatic heterocycles. The van der Waals surface area contributed by atoms with E-state index in [0.29, 0.717) is 28.8 Å². The van der Waals surface area contributed by atoms with Crippen LogP contribution in [0.15, 0.2) is 18.2 Å². The maximum absolute atomic E-state index is 12.0. The average Bonchev–Trinajstić information content (AvgIpc) is 2.47. The molecule has 1 saturated heterocycles. The molecule has 0 saturated carbocycles. The minimum atomic E-state index is -0.00209. The number of hydrogen-bond donors (Lipinski definition) is 2. The lowest BCUT2D eigenvalue weighted by molar-refractivity contribution is -0.116. The topological polar surface area (TPSA) is 67.6 Å². The second-order valence-corrected chi connectivity index (χ2v) is 6.78. The van der Waals surface area contributed by atoms with Crippen molar-refractivity contribution in [1.82, 2.24) is 4.90 Å². The summed E-state index contributed by atoms with van der Waals surface area (Å²) in [5, 5.41) is 3.51. The first-order chi connectivity index (χ1) is 10.1. The molecule has 1 aromatic carbocycles. The van der Waals surface area contributed by atoms with E-state index >= 15 is 0 Å². The SMILES string of the molecule is COc1ccc(NC(=O)CCN2CCSC(C)C2)c(N)c1. The minimum absolute atomic E-state index is 0.00209. The molecule has 116 valence electrons. The molecule has 1 amide bonds. The Balaban J connectivity index is 1.81. The van der Waals surface area contributed by atoms with Crippen LogP contribution >= 0.6 is 11.8 Å². The van der Waals surface area contributed by atoms with Crippen molar-refractivity contribution in [2.75, 3.05) is 43.5 Å². The Labute approximate surface area is 130 Å². The van der Waals surface area contributed by atoms with E-state index in [1.165, 1.54) is 0 Å². The third-order valence-electron chi connectivity index (χ3n) is 3.51. The Bertz CT molecular complexity index is 496. The highest BCUT2D eigenvalue weighted by Gasteiger charge is 2.17. The van der Waals surface area contributed by atoms with E-state index in [2.05, 4.69) is 17.1 Å². The van der Waals surface area contributed by atoms with Gasteiger partial charge >= 0.3 is 0 Å². The van der Waals surface area contributed by atoms with Crippen LogP contribution in [0.3, 0.4) is 0 Å². The van der Waals surface area contributed by atoms with Crippen LogP contribution in [-0.4, -0.2) is 48.6 Å². The monoisotopic (exact) mass is 309 g/mol. The fraction of sp³-hybridized carbons (Fsp3) is 0.533. The number of anilines is 2. The van der Waals surface area contributed by atoms with Crippen LogP contribution in [0.5, 0.6) is 5.75 Å². The van der Waals surface area contributed by atoms with Gasteiger partial charge in [-0.3, -0.25) is 4.79 Å². The van der Waals surface area contributed by atoms with Crippen LogP contribution < -0.4 is 15.8 Å². The number of nitrogens with two attached hydrogens (primary N) is 1. The summed E-state index contributed by atoms with van der Waals surface area (Å²) in [6, 6.07) is 5.26. The number of nitrogen functional groups attached to an aromatic ring is 1. The predicted molar refractivity (Wildman–Crippen MR) is 89.0 cm³/mol. The molecule has 1 atom stereocenters. The van der Waals surface area contributed by atoms with Gasteiger partial charge in [-0.1, -0.05) is 6.92 Å². The molecule has 21 heavy (non-hydrogen) atoms. The zero-order valence-corrected chi connectivity index (χ0v) is 13.4. The molecule has 0 radical (unpaired) electrons. The number of rotatable bonds is 5. The Morgan fingerprint density at radius 1 is 1.57 bits per heavy atom. The molecule has 1 heterocycles. The van der Waals surface area contributed by atoms with Crippen molar-refractivity contribution in [3.05, 3.63) is 18.2 Å². The second kappa shape index (κ2) is 7.56. The van der Waals surface area contributed by atoms with Gasteiger partial charge in [-0.05, 0) is 12.1 Å². The maximum Gasteiger partial charge on any atom is 0.225 e. The van der Waals surface area contributed by atoms with Gasteiger partial charge in [0, 0.05) is 43.1 Å². The molecular weight excluding hydrogens is 286 g/mol. The molecule has 6 heteroatoms. The molecule has 0 bridgehead atoms. The first-order valence-corrected chi connectivity index (χ1v) is 8.20. The van der Waals surface area contributed by atoms with Crippen LogP contribution in [-0.2, 0) is 4.79 Å². The zero-order chi connectivity index (χ0) is 15.2. The first kappa shape index (κ1) is 16.0. The third-order valence-corrected chi connectivity index (χ3v) is 4.65. The van der Waals surface area contributed by atoms with Gasteiger partial charge in [0.05, 0.1) is 18.5 Å². The number of methoxy groups -OCH3 is 1. The van der Waals surface area contributed by atoms with Crippen molar-refractivity contribution in [3.63, 3.8) is 0 Å². The number of nitrogens with zero attached hydrogens (tertiary/aromatic N) is 1. The summed E-state index contributed by atoms with van der Waals surface area (Å²) in [7, 11) is 1.59. The second-order valence-electron chi connectivity index (χ2n) is 5.23. The van der Waals surface area contributed by atoms with Gasteiger partial charge in [0.15, 0.2) is 0 Å². The Morgan fingerprint density at radius 3 is 3.05 bits per heavy atom. The van der Waals surface area contributed by atoms with Crippen molar-refractivity contribution in [2.45, 2.75) is 18.6 Å². The molecule has 1 aliphatic rings. The number of ether oxygens (including phenoxy) is 1. The first-order valence-electron chi connectivity index (χ1n) is 7.16. The molecule has 1 aromatic rings. The molecule has 1 aliphatic heterocycles. The van der Waals surface area contributed by atoms with Crippen LogP contribution in [0, 0.1) is 0 Å². The summed E-state index contributed by atoms with van der Waals surface area (Å²) in [5.41, 5.74) is 7.06. The smallest absolute Gasteiger partial charge is 0.225 e. The highest BCUT2D eigenvalue weighted by Crippen LogP contribution is 2.24. The lowest BCUT2D eigenvalue weighted by Gasteiger charge is -2.30. The number of hydrogen-bond acceptors (Lipinski definition) is 5. The predicted octanol–water partition coefficient (Wildman–Crippen LogP) is 2.04. The fourth-order valence-corrected chi connectivity index (χ4v) is 3.43. The van der Waals surface area contributed by atoms with Crippen LogP contribution in [0.1, 0.15) is 13.3 Å². The fourth-order valence-electron chi connectivity index (χ4n) is 2.35. The number of carbonyl (C=O) groups is 1. The summed E-state index contributed by atoms with van der Waals surface area (Å²) in [4.78, 5) is 14.4. The number of benzene rings is 1. The van der Waals surface area contributed by atoms with Crippen molar-refractivity contribution in [1.29, 1.82) is 0 Å². The van der Waals surface area contributed by atoms with Gasteiger partial charge in [0.1, 0.15) is 5.75 Å². The van der Waals surface area contributed by atoms with E-state index in [4.69, 9.17) is 10.5 Å². The molecule has 1 unspecified atom stereocenters. The number of nitrogens with one attached hydrogen (secondary N) is 1. The van der Waals surface area contributed by atoms with Gasteiger partial charge in [-0.15, -0.1) is 0 Å². The van der Waals surface area contributed by atoms with Gasteiger partial charge < -0.3 is 20.7 Å². The van der Waals surface area contributed by atoms with E-state index in [1.807, 2.05) is 11.8 Å². The van der Waals surface area contributed by atoms with Crippen molar-refractivity contribution < 1.29 is 9.53 Å². The van der Waals surface area contributed by atoms with Crippen LogP contribution in [0.4, 0.5) is 11.4 Å². The number of amides is 1. The number of carbonyl (C=O) groups excluding carboxylic acids is 1. The largest absolute Gasteiger partial charge is 0.497 e. The lowest BCUT2D eigenvalue weighted by atomic mass is 10.2. The van der Waals surface area contributed by atoms with E-state index < -0.39 is 0 Å². The summed E-state index contributed by atoms with van der Waals surface area (Å²) >= 11 is 1.99. The third kappa shape index (κ3) is 4.82. The van der Waals surface area contributed by atoms with Crippen LogP contribution in [0.25, 0.3) is 0 Å². The molecule has 5 nitrogen and oxygen atoms in total. The molecule has 0 aliphatic carbocycles. The summed E-state index contributed by atoms with van der Waals surface area (Å²) in [6.07, 6.45) is 0.489. The Morgan fingerprint density at radius 2 is 2.38 bits per heavy atom. The Kier molecular flexibility index (Phi) is 5.76. The summed E-state index contributed by atoms with van der Waals surface area (Å²) in [6.45, 7) is 5.15. The quantitative estimate of drug-likeness (QED) is 0.815. The lowest BCUT2D eigenvalue weighted by Crippen LogP contribution is -2.38. The molecule has 1 fully saturated rings.